The highest BCUT2D eigenvalue weighted by atomic mass is 32.2. The predicted octanol–water partition coefficient (Wildman–Crippen LogP) is 4.62. The Labute approximate surface area is 207 Å². The number of hydrogen-bond acceptors (Lipinski definition) is 9. The highest BCUT2D eigenvalue weighted by Gasteiger charge is 2.33. The van der Waals surface area contributed by atoms with Gasteiger partial charge in [-0.1, -0.05) is 0 Å². The molecular weight excluding hydrogens is 471 g/mol. The summed E-state index contributed by atoms with van der Waals surface area (Å²) in [5.41, 5.74) is 0.157. The van der Waals surface area contributed by atoms with Crippen molar-refractivity contribution in [2.45, 2.75) is 44.3 Å². The van der Waals surface area contributed by atoms with E-state index in [-0.39, 0.29) is 34.5 Å². The Bertz CT molecular complexity index is 1220. The highest BCUT2D eigenvalue weighted by molar-refractivity contribution is 8.01. The van der Waals surface area contributed by atoms with Gasteiger partial charge >= 0.3 is 0 Å². The maximum atomic E-state index is 15.1. The topological polar surface area (TPSA) is 111 Å². The number of benzene rings is 1. The van der Waals surface area contributed by atoms with Gasteiger partial charge in [0.25, 0.3) is 0 Å². The van der Waals surface area contributed by atoms with Crippen molar-refractivity contribution in [1.29, 1.82) is 0 Å². The van der Waals surface area contributed by atoms with Gasteiger partial charge in [0.05, 0.1) is 48.6 Å². The number of carbonyl (C=O) groups excluding carboxylic acids is 1. The molecule has 9 nitrogen and oxygen atoms in total. The fourth-order valence-electron chi connectivity index (χ4n) is 3.18. The monoisotopic (exact) mass is 498 g/mol. The van der Waals surface area contributed by atoms with Crippen LogP contribution >= 0.6 is 11.9 Å². The normalized spacial score (nSPS) is 13.3. The van der Waals surface area contributed by atoms with Crippen LogP contribution < -0.4 is 19.5 Å². The number of nitrogens with zero attached hydrogens (tertiary/aromatic N) is 4. The van der Waals surface area contributed by atoms with Gasteiger partial charge in [-0.25, -0.2) is 19.3 Å². The quantitative estimate of drug-likeness (QED) is 0.387. The molecule has 2 N–H and O–H groups in total. The van der Waals surface area contributed by atoms with Gasteiger partial charge in [-0.2, -0.15) is 0 Å². The van der Waals surface area contributed by atoms with Gasteiger partial charge in [-0.3, -0.25) is 14.5 Å². The molecular formula is C24H27FN6O3S. The van der Waals surface area contributed by atoms with Crippen LogP contribution in [0, 0.1) is 5.82 Å². The highest BCUT2D eigenvalue weighted by Crippen LogP contribution is 2.36. The van der Waals surface area contributed by atoms with Crippen molar-refractivity contribution < 1.29 is 18.7 Å². The molecule has 0 radical (unpaired) electrons. The van der Waals surface area contributed by atoms with Crippen molar-refractivity contribution in [3.8, 4) is 22.9 Å². The number of hydrogen-bond donors (Lipinski definition) is 2. The van der Waals surface area contributed by atoms with Crippen molar-refractivity contribution >= 4 is 29.5 Å². The second-order valence-corrected chi connectivity index (χ2v) is 9.58. The summed E-state index contributed by atoms with van der Waals surface area (Å²) >= 11 is 1.58. The SMILES string of the molecule is CCOc1cncc(-c2cc(OC)c(NC(=O)C(C)(C)c3ccnc(NSC4CC4)n3)cc2F)n1. The molecule has 1 aliphatic carbocycles. The van der Waals surface area contributed by atoms with E-state index in [1.165, 1.54) is 44.5 Å². The molecule has 0 unspecified atom stereocenters. The molecule has 11 heteroatoms. The van der Waals surface area contributed by atoms with E-state index in [4.69, 9.17) is 9.47 Å². The Morgan fingerprint density at radius 2 is 2.06 bits per heavy atom. The Kier molecular flexibility index (Phi) is 7.34. The van der Waals surface area contributed by atoms with Crippen LogP contribution in [0.25, 0.3) is 11.3 Å². The first-order valence-electron chi connectivity index (χ1n) is 11.2. The van der Waals surface area contributed by atoms with E-state index in [0.717, 1.165) is 0 Å². The molecule has 0 saturated heterocycles. The summed E-state index contributed by atoms with van der Waals surface area (Å²) in [6.07, 6.45) is 6.85. The van der Waals surface area contributed by atoms with Crippen molar-refractivity contribution in [2.75, 3.05) is 23.8 Å². The van der Waals surface area contributed by atoms with Gasteiger partial charge in [0.2, 0.25) is 17.7 Å². The summed E-state index contributed by atoms with van der Waals surface area (Å²) in [4.78, 5) is 30.3. The molecule has 0 aliphatic heterocycles. The van der Waals surface area contributed by atoms with Gasteiger partial charge in [-0.05, 0) is 57.7 Å². The van der Waals surface area contributed by atoms with E-state index in [2.05, 4.69) is 30.0 Å². The number of methoxy groups -OCH3 is 1. The lowest BCUT2D eigenvalue weighted by Crippen LogP contribution is -2.35. The molecule has 2 aromatic heterocycles. The zero-order chi connectivity index (χ0) is 25.0. The lowest BCUT2D eigenvalue weighted by molar-refractivity contribution is -0.120. The standard InChI is InChI=1S/C24H27FN6O3S/c1-5-34-21-13-26-12-18(28-21)15-10-19(33-4)17(11-16(15)25)29-22(32)24(2,3)20-8-9-27-23(30-20)31-35-14-6-7-14/h8-14H,5-7H2,1-4H3,(H,29,32)(H,27,30,31). The zero-order valence-corrected chi connectivity index (χ0v) is 20.8. The average molecular weight is 499 g/mol. The fraction of sp³-hybridized carbons (Fsp3) is 0.375. The Morgan fingerprint density at radius 1 is 1.26 bits per heavy atom. The zero-order valence-electron chi connectivity index (χ0n) is 20.0. The fourth-order valence-corrected chi connectivity index (χ4v) is 3.93. The third kappa shape index (κ3) is 5.79. The molecule has 1 fully saturated rings. The number of halogens is 1. The number of ether oxygens (including phenoxy) is 2. The number of amides is 1. The largest absolute Gasteiger partial charge is 0.495 e. The summed E-state index contributed by atoms with van der Waals surface area (Å²) < 4.78 is 29.0. The first-order chi connectivity index (χ1) is 16.8. The van der Waals surface area contributed by atoms with Gasteiger partial charge in [0.1, 0.15) is 11.6 Å². The lowest BCUT2D eigenvalue weighted by atomic mass is 9.88. The van der Waals surface area contributed by atoms with Crippen molar-refractivity contribution in [3.63, 3.8) is 0 Å². The van der Waals surface area contributed by atoms with Crippen LogP contribution in [0.5, 0.6) is 11.6 Å². The van der Waals surface area contributed by atoms with Crippen LogP contribution in [0.2, 0.25) is 0 Å². The van der Waals surface area contributed by atoms with Crippen LogP contribution in [0.15, 0.2) is 36.8 Å². The first-order valence-corrected chi connectivity index (χ1v) is 12.1. The summed E-state index contributed by atoms with van der Waals surface area (Å²) in [5.74, 6) is 0.0495. The number of rotatable bonds is 10. The molecule has 0 spiro atoms. The van der Waals surface area contributed by atoms with E-state index in [0.29, 0.717) is 23.5 Å². The maximum absolute atomic E-state index is 15.1. The maximum Gasteiger partial charge on any atom is 0.236 e. The average Bonchev–Trinajstić information content (AvgIpc) is 3.68. The second-order valence-electron chi connectivity index (χ2n) is 8.47. The Morgan fingerprint density at radius 3 is 2.77 bits per heavy atom. The molecule has 0 atom stereocenters. The molecule has 1 aliphatic rings. The van der Waals surface area contributed by atoms with E-state index in [1.807, 2.05) is 6.92 Å². The van der Waals surface area contributed by atoms with Crippen LogP contribution in [-0.4, -0.2) is 44.8 Å². The van der Waals surface area contributed by atoms with E-state index in [9.17, 15) is 4.79 Å². The summed E-state index contributed by atoms with van der Waals surface area (Å²) in [7, 11) is 1.44. The third-order valence-corrected chi connectivity index (χ3v) is 6.53. The minimum Gasteiger partial charge on any atom is -0.495 e. The van der Waals surface area contributed by atoms with Crippen molar-refractivity contribution in [2.24, 2.45) is 0 Å². The molecule has 1 amide bonds. The summed E-state index contributed by atoms with van der Waals surface area (Å²) in [6.45, 7) is 5.72. The first kappa shape index (κ1) is 24.6. The molecule has 0 bridgehead atoms. The number of aromatic nitrogens is 4. The minimum absolute atomic E-state index is 0.174. The summed E-state index contributed by atoms with van der Waals surface area (Å²) in [5, 5.41) is 3.36. The third-order valence-electron chi connectivity index (χ3n) is 5.42. The van der Waals surface area contributed by atoms with Crippen LogP contribution in [0.1, 0.15) is 39.3 Å². The van der Waals surface area contributed by atoms with Gasteiger partial charge < -0.3 is 14.8 Å². The van der Waals surface area contributed by atoms with Crippen molar-refractivity contribution in [1.82, 2.24) is 19.9 Å². The minimum atomic E-state index is -1.03. The van der Waals surface area contributed by atoms with Crippen LogP contribution in [-0.2, 0) is 10.2 Å². The van der Waals surface area contributed by atoms with Crippen molar-refractivity contribution in [3.05, 3.63) is 48.3 Å². The molecule has 2 heterocycles. The summed E-state index contributed by atoms with van der Waals surface area (Å²) in [6, 6.07) is 4.37. The molecule has 1 aromatic carbocycles. The molecule has 1 saturated carbocycles. The number of nitrogens with one attached hydrogen (secondary N) is 2. The number of carbonyl (C=O) groups is 1. The Hall–Kier alpha value is -3.47. The molecule has 4 rings (SSSR count). The Balaban J connectivity index is 1.56. The molecule has 35 heavy (non-hydrogen) atoms. The second kappa shape index (κ2) is 10.4. The predicted molar refractivity (Wildman–Crippen MR) is 133 cm³/mol. The smallest absolute Gasteiger partial charge is 0.236 e. The molecule has 3 aromatic rings. The van der Waals surface area contributed by atoms with Crippen LogP contribution in [0.4, 0.5) is 16.0 Å². The molecule has 184 valence electrons. The lowest BCUT2D eigenvalue weighted by Gasteiger charge is -2.24. The van der Waals surface area contributed by atoms with Crippen LogP contribution in [0.3, 0.4) is 0 Å². The number of anilines is 2. The van der Waals surface area contributed by atoms with Gasteiger partial charge in [0, 0.05) is 23.1 Å². The van der Waals surface area contributed by atoms with Gasteiger partial charge in [0.15, 0.2) is 0 Å². The van der Waals surface area contributed by atoms with E-state index < -0.39 is 11.2 Å². The van der Waals surface area contributed by atoms with E-state index in [1.54, 1.807) is 38.1 Å². The van der Waals surface area contributed by atoms with E-state index >= 15 is 4.39 Å². The van der Waals surface area contributed by atoms with Gasteiger partial charge in [-0.15, -0.1) is 0 Å².